The second-order valence-electron chi connectivity index (χ2n) is 11.0. The van der Waals surface area contributed by atoms with Crippen LogP contribution in [0.15, 0.2) is 60.8 Å². The molecule has 43 heavy (non-hydrogen) atoms. The lowest BCUT2D eigenvalue weighted by Crippen LogP contribution is -2.64. The molecule has 11 heteroatoms. The zero-order valence-electron chi connectivity index (χ0n) is 24.2. The van der Waals surface area contributed by atoms with Crippen molar-refractivity contribution >= 4 is 56.3 Å². The number of hydrogen-bond acceptors (Lipinski definition) is 8. The molecule has 0 bridgehead atoms. The second kappa shape index (κ2) is 11.8. The van der Waals surface area contributed by atoms with E-state index in [9.17, 15) is 14.4 Å². The summed E-state index contributed by atoms with van der Waals surface area (Å²) in [6.07, 6.45) is 2.90. The predicted octanol–water partition coefficient (Wildman–Crippen LogP) is 5.78. The largest absolute Gasteiger partial charge is 0.457 e. The van der Waals surface area contributed by atoms with E-state index in [4.69, 9.17) is 9.47 Å². The van der Waals surface area contributed by atoms with E-state index in [-0.39, 0.29) is 18.3 Å². The number of Topliss-reactive ketones (excluding diaryl/α,β-unsaturated/α-hetero) is 1. The number of ether oxygens (including phenoxy) is 2. The van der Waals surface area contributed by atoms with Gasteiger partial charge in [-0.2, -0.15) is 0 Å². The number of rotatable bonds is 9. The van der Waals surface area contributed by atoms with Crippen LogP contribution in [0.25, 0.3) is 10.2 Å². The Labute approximate surface area is 253 Å². The van der Waals surface area contributed by atoms with Crippen LogP contribution in [0.2, 0.25) is 0 Å². The molecule has 0 aliphatic carbocycles. The number of methoxy groups -OCH3 is 1. The quantitative estimate of drug-likeness (QED) is 0.223. The van der Waals surface area contributed by atoms with Crippen molar-refractivity contribution < 1.29 is 23.9 Å². The molecule has 3 N–H and O–H groups in total. The molecule has 2 aliphatic heterocycles. The van der Waals surface area contributed by atoms with E-state index in [0.717, 1.165) is 24.3 Å². The lowest BCUT2D eigenvalue weighted by Gasteiger charge is -2.38. The first kappa shape index (κ1) is 28.8. The standard InChI is InChI=1S/C32H33N5O5S/c1-19-16-22(42-21-8-5-4-6-9-21)10-11-23(19)37-24-12-15-34-30-25(24)26(35-31(37)40)27(43-30)29(39)36-32(13-7-14-33-18-32)28(38)20(2)17-41-3/h4-6,8-12,15-16,20,33H,7,13-14,17-18H2,1-3H3,(H,35,40)(H,36,39)/t20?,32-/m1/s1. The molecule has 1 fully saturated rings. The highest BCUT2D eigenvalue weighted by Gasteiger charge is 2.44. The number of benzene rings is 2. The highest BCUT2D eigenvalue weighted by Crippen LogP contribution is 2.46. The van der Waals surface area contributed by atoms with E-state index in [0.29, 0.717) is 50.9 Å². The minimum atomic E-state index is -1.07. The maximum Gasteiger partial charge on any atom is 0.331 e. The third-order valence-electron chi connectivity index (χ3n) is 7.91. The summed E-state index contributed by atoms with van der Waals surface area (Å²) >= 11 is 1.19. The topological polar surface area (TPSA) is 122 Å². The maximum atomic E-state index is 13.9. The normalized spacial score (nSPS) is 18.7. The monoisotopic (exact) mass is 599 g/mol. The molecular weight excluding hydrogens is 566 g/mol. The molecule has 2 atom stereocenters. The Bertz CT molecular complexity index is 1700. The summed E-state index contributed by atoms with van der Waals surface area (Å²) in [6, 6.07) is 16.4. The van der Waals surface area contributed by atoms with Gasteiger partial charge in [-0.15, -0.1) is 11.3 Å². The Morgan fingerprint density at radius 1 is 1.14 bits per heavy atom. The summed E-state index contributed by atoms with van der Waals surface area (Å²) in [5.41, 5.74) is 1.47. The van der Waals surface area contributed by atoms with Crippen LogP contribution >= 0.6 is 11.3 Å². The SMILES string of the molecule is COCC(C)C(=O)[C@@]1(NC(=O)c2sc3nccc4c3c2NC(=O)N4c2ccc(Oc3ccccc3)cc2C)CCCNC1. The molecular formula is C32H33N5O5S. The van der Waals surface area contributed by atoms with Crippen LogP contribution in [-0.4, -0.2) is 55.1 Å². The Morgan fingerprint density at radius 2 is 1.95 bits per heavy atom. The number of anilines is 3. The van der Waals surface area contributed by atoms with E-state index >= 15 is 0 Å². The number of carbonyl (C=O) groups excluding carboxylic acids is 3. The van der Waals surface area contributed by atoms with Crippen molar-refractivity contribution in [2.24, 2.45) is 5.92 Å². The average molecular weight is 600 g/mol. The number of amides is 3. The fourth-order valence-electron chi connectivity index (χ4n) is 5.91. The molecule has 4 aromatic rings. The van der Waals surface area contributed by atoms with Gasteiger partial charge in [-0.3, -0.25) is 14.5 Å². The molecule has 3 amide bonds. The van der Waals surface area contributed by atoms with E-state index < -0.39 is 17.5 Å². The number of ketones is 1. The van der Waals surface area contributed by atoms with Crippen molar-refractivity contribution in [3.05, 3.63) is 71.2 Å². The summed E-state index contributed by atoms with van der Waals surface area (Å²) in [5.74, 6) is 0.489. The first-order valence-corrected chi connectivity index (χ1v) is 15.1. The van der Waals surface area contributed by atoms with Crippen molar-refractivity contribution in [3.8, 4) is 11.5 Å². The van der Waals surface area contributed by atoms with Gasteiger partial charge in [0.25, 0.3) is 5.91 Å². The van der Waals surface area contributed by atoms with E-state index in [2.05, 4.69) is 20.9 Å². The Balaban J connectivity index is 1.33. The van der Waals surface area contributed by atoms with Gasteiger partial charge in [-0.05, 0) is 68.3 Å². The van der Waals surface area contributed by atoms with Gasteiger partial charge in [-0.25, -0.2) is 9.78 Å². The van der Waals surface area contributed by atoms with Gasteiger partial charge in [0.2, 0.25) is 0 Å². The number of nitrogens with zero attached hydrogens (tertiary/aromatic N) is 2. The molecule has 222 valence electrons. The number of para-hydroxylation sites is 1. The number of thiophene rings is 1. The molecule has 1 unspecified atom stereocenters. The predicted molar refractivity (Wildman–Crippen MR) is 167 cm³/mol. The number of nitrogens with one attached hydrogen (secondary N) is 3. The number of urea groups is 1. The Hall–Kier alpha value is -4.32. The van der Waals surface area contributed by atoms with Crippen molar-refractivity contribution in [1.82, 2.24) is 15.6 Å². The second-order valence-corrected chi connectivity index (χ2v) is 12.0. The van der Waals surface area contributed by atoms with Gasteiger partial charge < -0.3 is 25.4 Å². The average Bonchev–Trinajstić information content (AvgIpc) is 3.38. The van der Waals surface area contributed by atoms with Crippen molar-refractivity contribution in [1.29, 1.82) is 0 Å². The van der Waals surface area contributed by atoms with Crippen molar-refractivity contribution in [3.63, 3.8) is 0 Å². The van der Waals surface area contributed by atoms with E-state index in [1.165, 1.54) is 11.3 Å². The van der Waals surface area contributed by atoms with Gasteiger partial charge in [0, 0.05) is 25.8 Å². The van der Waals surface area contributed by atoms with Crippen molar-refractivity contribution in [2.75, 3.05) is 37.0 Å². The third-order valence-corrected chi connectivity index (χ3v) is 9.01. The number of carbonyl (C=O) groups is 3. The molecule has 2 aromatic heterocycles. The van der Waals surface area contributed by atoms with Crippen LogP contribution in [0.1, 0.15) is 35.0 Å². The van der Waals surface area contributed by atoms with Crippen LogP contribution in [0.3, 0.4) is 0 Å². The molecule has 6 rings (SSSR count). The summed E-state index contributed by atoms with van der Waals surface area (Å²) < 4.78 is 11.2. The van der Waals surface area contributed by atoms with Crippen LogP contribution in [0.4, 0.5) is 21.9 Å². The summed E-state index contributed by atoms with van der Waals surface area (Å²) in [7, 11) is 1.56. The minimum absolute atomic E-state index is 0.0751. The number of pyridine rings is 1. The lowest BCUT2D eigenvalue weighted by atomic mass is 9.80. The van der Waals surface area contributed by atoms with Gasteiger partial charge in [0.05, 0.1) is 29.1 Å². The number of hydrogen-bond donors (Lipinski definition) is 3. The number of aryl methyl sites for hydroxylation is 1. The molecule has 2 aromatic carbocycles. The molecule has 1 saturated heterocycles. The molecule has 10 nitrogen and oxygen atoms in total. The van der Waals surface area contributed by atoms with Crippen LogP contribution in [0.5, 0.6) is 11.5 Å². The smallest absolute Gasteiger partial charge is 0.331 e. The minimum Gasteiger partial charge on any atom is -0.457 e. The Kier molecular flexibility index (Phi) is 7.87. The summed E-state index contributed by atoms with van der Waals surface area (Å²) in [4.78, 5) is 48.1. The zero-order chi connectivity index (χ0) is 30.1. The van der Waals surface area contributed by atoms with Gasteiger partial charge in [0.15, 0.2) is 5.78 Å². The fourth-order valence-corrected chi connectivity index (χ4v) is 6.92. The molecule has 4 heterocycles. The van der Waals surface area contributed by atoms with E-state index in [1.807, 2.05) is 62.4 Å². The van der Waals surface area contributed by atoms with Crippen LogP contribution in [0, 0.1) is 12.8 Å². The zero-order valence-corrected chi connectivity index (χ0v) is 25.0. The Morgan fingerprint density at radius 3 is 2.67 bits per heavy atom. The van der Waals surface area contributed by atoms with Gasteiger partial charge in [0.1, 0.15) is 26.7 Å². The van der Waals surface area contributed by atoms with E-state index in [1.54, 1.807) is 24.3 Å². The molecule has 0 spiro atoms. The first-order chi connectivity index (χ1) is 20.8. The lowest BCUT2D eigenvalue weighted by molar-refractivity contribution is -0.131. The van der Waals surface area contributed by atoms with Gasteiger partial charge >= 0.3 is 6.03 Å². The highest BCUT2D eigenvalue weighted by molar-refractivity contribution is 7.21. The van der Waals surface area contributed by atoms with Crippen LogP contribution in [-0.2, 0) is 9.53 Å². The van der Waals surface area contributed by atoms with Crippen molar-refractivity contribution in [2.45, 2.75) is 32.2 Å². The highest BCUT2D eigenvalue weighted by atomic mass is 32.1. The number of piperidine rings is 1. The summed E-state index contributed by atoms with van der Waals surface area (Å²) in [6.45, 7) is 5.10. The van der Waals surface area contributed by atoms with Crippen LogP contribution < -0.4 is 25.6 Å². The maximum absolute atomic E-state index is 13.9. The summed E-state index contributed by atoms with van der Waals surface area (Å²) in [5, 5.41) is 9.95. The first-order valence-electron chi connectivity index (χ1n) is 14.2. The number of aromatic nitrogens is 1. The fraction of sp³-hybridized carbons (Fsp3) is 0.312. The molecule has 0 radical (unpaired) electrons. The van der Waals surface area contributed by atoms with Gasteiger partial charge in [-0.1, -0.05) is 25.1 Å². The molecule has 2 aliphatic rings. The third kappa shape index (κ3) is 5.35. The molecule has 0 saturated carbocycles.